The Balaban J connectivity index is 1.46. The Morgan fingerprint density at radius 2 is 1.36 bits per heavy atom. The van der Waals surface area contributed by atoms with Crippen LogP contribution in [0.4, 0.5) is 0 Å². The number of aliphatic imine (C=N–C) groups is 1. The van der Waals surface area contributed by atoms with E-state index >= 15 is 0 Å². The minimum atomic E-state index is 0.702. The smallest absolute Gasteiger partial charge is 0.0723 e. The molecule has 0 saturated carbocycles. The summed E-state index contributed by atoms with van der Waals surface area (Å²) in [6.07, 6.45) is 26.6. The summed E-state index contributed by atoms with van der Waals surface area (Å²) >= 11 is 0. The van der Waals surface area contributed by atoms with Crippen LogP contribution in [0.2, 0.25) is 0 Å². The predicted octanol–water partition coefficient (Wildman–Crippen LogP) is 9.21. The van der Waals surface area contributed by atoms with Crippen LogP contribution in [-0.4, -0.2) is 17.2 Å². The molecule has 204 valence electrons. The van der Waals surface area contributed by atoms with E-state index in [0.717, 1.165) is 46.5 Å². The zero-order chi connectivity index (χ0) is 28.4. The molecule has 0 bridgehead atoms. The van der Waals surface area contributed by atoms with Crippen LogP contribution < -0.4 is 5.32 Å². The molecule has 2 heterocycles. The van der Waals surface area contributed by atoms with E-state index in [4.69, 9.17) is 4.99 Å². The maximum atomic E-state index is 4.98. The fraction of sp³-hybridized carbons (Fsp3) is 0.0769. The van der Waals surface area contributed by atoms with Crippen LogP contribution in [0, 0.1) is 0 Å². The summed E-state index contributed by atoms with van der Waals surface area (Å²) in [7, 11) is 0. The molecule has 0 radical (unpaired) electrons. The normalized spacial score (nSPS) is 17.4. The molecule has 1 aliphatic heterocycles. The molecule has 0 fully saturated rings. The van der Waals surface area contributed by atoms with Crippen molar-refractivity contribution in [2.45, 2.75) is 12.8 Å². The molecule has 1 aromatic heterocycles. The van der Waals surface area contributed by atoms with Crippen molar-refractivity contribution in [1.82, 2.24) is 10.3 Å². The van der Waals surface area contributed by atoms with Crippen molar-refractivity contribution in [1.29, 1.82) is 0 Å². The number of pyridine rings is 1. The molecule has 0 atom stereocenters. The number of nitrogens with zero attached hydrogens (tertiary/aromatic N) is 2. The van der Waals surface area contributed by atoms with Crippen LogP contribution in [0.1, 0.15) is 29.5 Å². The first-order valence-electron chi connectivity index (χ1n) is 14.4. The van der Waals surface area contributed by atoms with Gasteiger partial charge in [-0.05, 0) is 82.6 Å². The molecule has 1 N–H and O–H groups in total. The fourth-order valence-electron chi connectivity index (χ4n) is 5.16. The van der Waals surface area contributed by atoms with Gasteiger partial charge in [0.05, 0.1) is 5.71 Å². The van der Waals surface area contributed by atoms with Gasteiger partial charge in [-0.15, -0.1) is 0 Å². The fourth-order valence-corrected chi connectivity index (χ4v) is 5.16. The number of allylic oxidation sites excluding steroid dienone is 9. The van der Waals surface area contributed by atoms with Gasteiger partial charge in [0.2, 0.25) is 0 Å². The lowest BCUT2D eigenvalue weighted by Gasteiger charge is -2.16. The molecule has 6 rings (SSSR count). The third kappa shape index (κ3) is 6.71. The highest BCUT2D eigenvalue weighted by Crippen LogP contribution is 2.30. The highest BCUT2D eigenvalue weighted by molar-refractivity contribution is 6.13. The Morgan fingerprint density at radius 1 is 0.595 bits per heavy atom. The summed E-state index contributed by atoms with van der Waals surface area (Å²) in [5.41, 5.74) is 11.2. The Hall–Kier alpha value is -5.28. The molecule has 0 saturated heterocycles. The molecule has 3 aromatic carbocycles. The Morgan fingerprint density at radius 3 is 2.17 bits per heavy atom. The van der Waals surface area contributed by atoms with Gasteiger partial charge in [0.1, 0.15) is 0 Å². The number of nitrogens with one attached hydrogen (secondary N) is 1. The van der Waals surface area contributed by atoms with Crippen molar-refractivity contribution >= 4 is 17.0 Å². The van der Waals surface area contributed by atoms with Crippen molar-refractivity contribution in [3.05, 3.63) is 175 Å². The van der Waals surface area contributed by atoms with Gasteiger partial charge in [-0.2, -0.15) is 0 Å². The van der Waals surface area contributed by atoms with Crippen molar-refractivity contribution in [3.63, 3.8) is 0 Å². The van der Waals surface area contributed by atoms with Gasteiger partial charge in [-0.3, -0.25) is 9.98 Å². The zero-order valence-corrected chi connectivity index (χ0v) is 23.5. The minimum absolute atomic E-state index is 0.702. The van der Waals surface area contributed by atoms with Gasteiger partial charge in [-0.1, -0.05) is 103 Å². The number of aromatic nitrogens is 1. The highest BCUT2D eigenvalue weighted by Gasteiger charge is 2.13. The van der Waals surface area contributed by atoms with E-state index in [1.165, 1.54) is 22.3 Å². The van der Waals surface area contributed by atoms with E-state index in [9.17, 15) is 0 Å². The van der Waals surface area contributed by atoms with Gasteiger partial charge in [0.15, 0.2) is 0 Å². The summed E-state index contributed by atoms with van der Waals surface area (Å²) < 4.78 is 0. The lowest BCUT2D eigenvalue weighted by atomic mass is 9.91. The van der Waals surface area contributed by atoms with Gasteiger partial charge in [-0.25, -0.2) is 0 Å². The SMILES string of the molecule is C1=CCCC(c2cc(C3=N\C=C/C=C\C=C\CNC(c4ccc(-c5ccccc5)cc4)=C3)cc(-c3cccnc3)c2)=C1. The maximum Gasteiger partial charge on any atom is 0.0723 e. The molecule has 3 nitrogen and oxygen atoms in total. The number of hydrogen-bond acceptors (Lipinski definition) is 3. The number of rotatable bonds is 5. The van der Waals surface area contributed by atoms with Crippen molar-refractivity contribution in [2.24, 2.45) is 4.99 Å². The van der Waals surface area contributed by atoms with Crippen molar-refractivity contribution < 1.29 is 0 Å². The highest BCUT2D eigenvalue weighted by atomic mass is 14.9. The second-order valence-electron chi connectivity index (χ2n) is 10.3. The van der Waals surface area contributed by atoms with E-state index < -0.39 is 0 Å². The van der Waals surface area contributed by atoms with Crippen molar-refractivity contribution in [3.8, 4) is 22.3 Å². The molecule has 2 aliphatic rings. The second kappa shape index (κ2) is 13.4. The van der Waals surface area contributed by atoms with E-state index in [1.807, 2.05) is 49.0 Å². The van der Waals surface area contributed by atoms with Crippen LogP contribution in [0.5, 0.6) is 0 Å². The second-order valence-corrected chi connectivity index (χ2v) is 10.3. The first-order chi connectivity index (χ1) is 20.8. The van der Waals surface area contributed by atoms with Crippen LogP contribution in [0.15, 0.2) is 163 Å². The first-order valence-corrected chi connectivity index (χ1v) is 14.4. The topological polar surface area (TPSA) is 37.3 Å². The molecule has 3 heteroatoms. The molecule has 0 spiro atoms. The van der Waals surface area contributed by atoms with Gasteiger partial charge in [0, 0.05) is 42.0 Å². The summed E-state index contributed by atoms with van der Waals surface area (Å²) in [5.74, 6) is 0. The molecule has 42 heavy (non-hydrogen) atoms. The van der Waals surface area contributed by atoms with Crippen LogP contribution in [0.3, 0.4) is 0 Å². The average Bonchev–Trinajstić information content (AvgIpc) is 3.06. The molecule has 0 unspecified atom stereocenters. The Kier molecular flexibility index (Phi) is 8.58. The minimum Gasteiger partial charge on any atom is -0.381 e. The van der Waals surface area contributed by atoms with Crippen LogP contribution in [-0.2, 0) is 0 Å². The van der Waals surface area contributed by atoms with Crippen molar-refractivity contribution in [2.75, 3.05) is 6.54 Å². The van der Waals surface area contributed by atoms with Gasteiger partial charge < -0.3 is 5.32 Å². The van der Waals surface area contributed by atoms with Gasteiger partial charge >= 0.3 is 0 Å². The molecular weight excluding hydrogens is 510 g/mol. The lowest BCUT2D eigenvalue weighted by Crippen LogP contribution is -2.14. The number of hydrogen-bond donors (Lipinski definition) is 1. The van der Waals surface area contributed by atoms with E-state index in [1.54, 1.807) is 0 Å². The van der Waals surface area contributed by atoms with E-state index in [2.05, 4.69) is 120 Å². The van der Waals surface area contributed by atoms with Crippen LogP contribution in [0.25, 0.3) is 33.5 Å². The largest absolute Gasteiger partial charge is 0.381 e. The monoisotopic (exact) mass is 543 g/mol. The third-order valence-electron chi connectivity index (χ3n) is 7.37. The number of benzene rings is 3. The first kappa shape index (κ1) is 26.9. The average molecular weight is 544 g/mol. The molecule has 4 aromatic rings. The predicted molar refractivity (Wildman–Crippen MR) is 178 cm³/mol. The summed E-state index contributed by atoms with van der Waals surface area (Å²) in [6, 6.07) is 30.1. The standard InChI is InChI=1S/C39H33N3/c1-2-10-23-41-38(33-20-18-32(19-21-33)30-13-6-4-7-14-30)28-39(42-24-11-3-1)37-26-35(31-15-8-5-9-16-31)25-36(27-37)34-17-12-22-40-29-34/h1-8,10-15,17-22,24-29,41H,9,16,23H2/b3-1-,10-2+,24-11-,38-28?,42-39?. The maximum absolute atomic E-state index is 4.98. The summed E-state index contributed by atoms with van der Waals surface area (Å²) in [4.78, 5) is 9.38. The lowest BCUT2D eigenvalue weighted by molar-refractivity contribution is 1.01. The zero-order valence-electron chi connectivity index (χ0n) is 23.5. The molecule has 1 aliphatic carbocycles. The van der Waals surface area contributed by atoms with Crippen LogP contribution >= 0.6 is 0 Å². The Labute approximate surface area is 248 Å². The Bertz CT molecular complexity index is 1730. The van der Waals surface area contributed by atoms with Gasteiger partial charge in [0.25, 0.3) is 0 Å². The summed E-state index contributed by atoms with van der Waals surface area (Å²) in [5, 5.41) is 3.64. The quantitative estimate of drug-likeness (QED) is 0.272. The third-order valence-corrected chi connectivity index (χ3v) is 7.37. The van der Waals surface area contributed by atoms with E-state index in [0.29, 0.717) is 6.54 Å². The summed E-state index contributed by atoms with van der Waals surface area (Å²) in [6.45, 7) is 0.702. The van der Waals surface area contributed by atoms with E-state index in [-0.39, 0.29) is 0 Å². The molecule has 0 amide bonds. The molecular formula is C39H33N3.